The van der Waals surface area contributed by atoms with Crippen molar-refractivity contribution in [3.8, 4) is 0 Å². The quantitative estimate of drug-likeness (QED) is 0.859. The third kappa shape index (κ3) is 3.72. The van der Waals surface area contributed by atoms with Crippen LogP contribution in [0.4, 0.5) is 0 Å². The molecule has 20 heavy (non-hydrogen) atoms. The van der Waals surface area contributed by atoms with Crippen LogP contribution in [0.25, 0.3) is 0 Å². The Hall–Kier alpha value is -0.630. The molecule has 2 rings (SSSR count). The third-order valence-electron chi connectivity index (χ3n) is 3.18. The maximum absolute atomic E-state index is 12.1. The molecule has 0 aliphatic carbocycles. The van der Waals surface area contributed by atoms with Crippen molar-refractivity contribution in [2.75, 3.05) is 6.61 Å². The maximum atomic E-state index is 12.1. The largest absolute Gasteiger partial charge is 0.378 e. The second-order valence-corrected chi connectivity index (χ2v) is 8.64. The van der Waals surface area contributed by atoms with E-state index in [2.05, 4.69) is 5.32 Å². The van der Waals surface area contributed by atoms with E-state index in [-0.39, 0.29) is 22.9 Å². The number of rotatable bonds is 3. The van der Waals surface area contributed by atoms with E-state index in [1.165, 1.54) is 6.07 Å². The van der Waals surface area contributed by atoms with Crippen LogP contribution < -0.4 is 5.32 Å². The molecular formula is C12H16ClNO4S2. The van der Waals surface area contributed by atoms with Crippen LogP contribution in [0.15, 0.2) is 11.0 Å². The Kier molecular flexibility index (Phi) is 4.73. The molecule has 1 fully saturated rings. The lowest BCUT2D eigenvalue weighted by Crippen LogP contribution is -2.41. The van der Waals surface area contributed by atoms with Crippen molar-refractivity contribution >= 4 is 37.0 Å². The van der Waals surface area contributed by atoms with Crippen molar-refractivity contribution in [3.63, 3.8) is 0 Å². The van der Waals surface area contributed by atoms with Crippen LogP contribution in [0, 0.1) is 6.92 Å². The molecule has 1 aromatic rings. The zero-order chi connectivity index (χ0) is 14.9. The molecule has 0 saturated carbocycles. The lowest BCUT2D eigenvalue weighted by Gasteiger charge is -2.27. The topological polar surface area (TPSA) is 72.5 Å². The van der Waals surface area contributed by atoms with E-state index in [9.17, 15) is 13.2 Å². The highest BCUT2D eigenvalue weighted by atomic mass is 35.7. The van der Waals surface area contributed by atoms with Crippen molar-refractivity contribution in [2.24, 2.45) is 0 Å². The summed E-state index contributed by atoms with van der Waals surface area (Å²) in [5.74, 6) is -0.260. The van der Waals surface area contributed by atoms with Gasteiger partial charge in [-0.15, -0.1) is 11.3 Å². The fraction of sp³-hybridized carbons (Fsp3) is 0.583. The zero-order valence-electron chi connectivity index (χ0n) is 11.2. The number of hydrogen-bond donors (Lipinski definition) is 1. The Labute approximate surface area is 126 Å². The van der Waals surface area contributed by atoms with E-state index in [0.29, 0.717) is 16.4 Å². The predicted molar refractivity (Wildman–Crippen MR) is 78.0 cm³/mol. The molecule has 8 heteroatoms. The molecule has 0 radical (unpaired) electrons. The van der Waals surface area contributed by atoms with Gasteiger partial charge in [-0.2, -0.15) is 0 Å². The molecule has 1 aliphatic rings. The Balaban J connectivity index is 2.10. The van der Waals surface area contributed by atoms with Crippen LogP contribution in [-0.2, 0) is 13.8 Å². The van der Waals surface area contributed by atoms with Gasteiger partial charge in [-0.25, -0.2) is 8.42 Å². The van der Waals surface area contributed by atoms with Gasteiger partial charge in [-0.05, 0) is 32.8 Å². The van der Waals surface area contributed by atoms with E-state index in [1.54, 1.807) is 6.92 Å². The van der Waals surface area contributed by atoms with Crippen LogP contribution in [0.2, 0.25) is 0 Å². The number of aryl methyl sites for hydroxylation is 1. The molecule has 1 aromatic heterocycles. The first kappa shape index (κ1) is 15.8. The number of thiophene rings is 1. The summed E-state index contributed by atoms with van der Waals surface area (Å²) < 4.78 is 28.1. The van der Waals surface area contributed by atoms with Crippen molar-refractivity contribution in [2.45, 2.75) is 43.7 Å². The van der Waals surface area contributed by atoms with Gasteiger partial charge < -0.3 is 10.1 Å². The summed E-state index contributed by atoms with van der Waals surface area (Å²) in [6, 6.07) is 1.39. The van der Waals surface area contributed by atoms with Gasteiger partial charge in [-0.3, -0.25) is 4.79 Å². The van der Waals surface area contributed by atoms with E-state index in [4.69, 9.17) is 15.4 Å². The van der Waals surface area contributed by atoms with Gasteiger partial charge in [0.1, 0.15) is 0 Å². The Morgan fingerprint density at radius 1 is 1.55 bits per heavy atom. The lowest BCUT2D eigenvalue weighted by molar-refractivity contribution is 0.0137. The molecule has 1 amide bonds. The van der Waals surface area contributed by atoms with E-state index in [0.717, 1.165) is 24.2 Å². The molecule has 2 atom stereocenters. The lowest BCUT2D eigenvalue weighted by atomic mass is 10.0. The minimum Gasteiger partial charge on any atom is -0.378 e. The SMILES string of the molecule is Cc1sc(C(=O)NC2CCOC(C)C2)cc1S(=O)(=O)Cl. The van der Waals surface area contributed by atoms with Crippen molar-refractivity contribution < 1.29 is 17.9 Å². The minimum atomic E-state index is -3.81. The fourth-order valence-corrected chi connectivity index (χ4v) is 4.77. The summed E-state index contributed by atoms with van der Waals surface area (Å²) in [5, 5.41) is 2.91. The van der Waals surface area contributed by atoms with E-state index >= 15 is 0 Å². The van der Waals surface area contributed by atoms with Crippen LogP contribution in [0.1, 0.15) is 34.3 Å². The van der Waals surface area contributed by atoms with Crippen molar-refractivity contribution in [1.29, 1.82) is 0 Å². The normalized spacial score (nSPS) is 23.6. The monoisotopic (exact) mass is 337 g/mol. The van der Waals surface area contributed by atoms with Crippen molar-refractivity contribution in [1.82, 2.24) is 5.32 Å². The second kappa shape index (κ2) is 6.01. The predicted octanol–water partition coefficient (Wildman–Crippen LogP) is 2.28. The highest BCUT2D eigenvalue weighted by molar-refractivity contribution is 8.13. The Morgan fingerprint density at radius 3 is 2.80 bits per heavy atom. The Morgan fingerprint density at radius 2 is 2.25 bits per heavy atom. The number of halogens is 1. The first-order valence-corrected chi connectivity index (χ1v) is 9.37. The summed E-state index contributed by atoms with van der Waals surface area (Å²) >= 11 is 1.13. The first-order chi connectivity index (χ1) is 9.27. The average molecular weight is 338 g/mol. The number of nitrogens with one attached hydrogen (secondary N) is 1. The van der Waals surface area contributed by atoms with Gasteiger partial charge >= 0.3 is 0 Å². The fourth-order valence-electron chi connectivity index (χ4n) is 2.21. The molecule has 2 heterocycles. The maximum Gasteiger partial charge on any atom is 0.262 e. The smallest absolute Gasteiger partial charge is 0.262 e. The van der Waals surface area contributed by atoms with Crippen LogP contribution in [-0.4, -0.2) is 33.1 Å². The van der Waals surface area contributed by atoms with Gasteiger partial charge in [0.25, 0.3) is 15.0 Å². The molecule has 1 aliphatic heterocycles. The molecule has 0 aromatic carbocycles. The van der Waals surface area contributed by atoms with Crippen LogP contribution >= 0.6 is 22.0 Å². The summed E-state index contributed by atoms with van der Waals surface area (Å²) in [4.78, 5) is 13.0. The summed E-state index contributed by atoms with van der Waals surface area (Å²) in [5.41, 5.74) is 0. The summed E-state index contributed by atoms with van der Waals surface area (Å²) in [6.07, 6.45) is 1.65. The van der Waals surface area contributed by atoms with Crippen molar-refractivity contribution in [3.05, 3.63) is 15.8 Å². The van der Waals surface area contributed by atoms with E-state index in [1.807, 2.05) is 6.92 Å². The number of ether oxygens (including phenoxy) is 1. The van der Waals surface area contributed by atoms with Gasteiger partial charge in [0.05, 0.1) is 15.9 Å². The van der Waals surface area contributed by atoms with Crippen LogP contribution in [0.3, 0.4) is 0 Å². The number of carbonyl (C=O) groups is 1. The molecular weight excluding hydrogens is 322 g/mol. The standard InChI is InChI=1S/C12H16ClNO4S2/c1-7-5-9(3-4-18-7)14-12(15)10-6-11(8(2)19-10)20(13,16)17/h6-7,9H,3-5H2,1-2H3,(H,14,15). The number of amides is 1. The van der Waals surface area contributed by atoms with Gasteiger partial charge in [0, 0.05) is 28.2 Å². The molecule has 1 saturated heterocycles. The van der Waals surface area contributed by atoms with E-state index < -0.39 is 9.05 Å². The zero-order valence-corrected chi connectivity index (χ0v) is 13.6. The first-order valence-electron chi connectivity index (χ1n) is 6.25. The highest BCUT2D eigenvalue weighted by Crippen LogP contribution is 2.28. The molecule has 0 spiro atoms. The molecule has 5 nitrogen and oxygen atoms in total. The average Bonchev–Trinajstić information content (AvgIpc) is 2.71. The van der Waals surface area contributed by atoms with Gasteiger partial charge in [-0.1, -0.05) is 0 Å². The molecule has 0 bridgehead atoms. The number of hydrogen-bond acceptors (Lipinski definition) is 5. The molecule has 1 N–H and O–H groups in total. The number of carbonyl (C=O) groups excluding carboxylic acids is 1. The van der Waals surface area contributed by atoms with Gasteiger partial charge in [0.15, 0.2) is 0 Å². The third-order valence-corrected chi connectivity index (χ3v) is 5.81. The van der Waals surface area contributed by atoms with Gasteiger partial charge in [0.2, 0.25) is 0 Å². The highest BCUT2D eigenvalue weighted by Gasteiger charge is 2.24. The summed E-state index contributed by atoms with van der Waals surface area (Å²) in [6.45, 7) is 4.22. The minimum absolute atomic E-state index is 0.00895. The second-order valence-electron chi connectivity index (χ2n) is 4.85. The van der Waals surface area contributed by atoms with Crippen LogP contribution in [0.5, 0.6) is 0 Å². The Bertz CT molecular complexity index is 611. The summed E-state index contributed by atoms with van der Waals surface area (Å²) in [7, 11) is 1.52. The molecule has 2 unspecified atom stereocenters. The molecule has 112 valence electrons.